The topological polar surface area (TPSA) is 60.9 Å². The lowest BCUT2D eigenvalue weighted by molar-refractivity contribution is -0.137. The van der Waals surface area contributed by atoms with Gasteiger partial charge in [0.15, 0.2) is 17.6 Å². The van der Waals surface area contributed by atoms with Crippen LogP contribution in [0.5, 0.6) is 11.5 Å². The molecule has 0 aliphatic carbocycles. The minimum absolute atomic E-state index is 0.0724. The normalized spacial score (nSPS) is 21.9. The van der Waals surface area contributed by atoms with Crippen molar-refractivity contribution in [2.45, 2.75) is 19.1 Å². The van der Waals surface area contributed by atoms with E-state index in [9.17, 15) is 4.79 Å². The molecule has 0 saturated carbocycles. The van der Waals surface area contributed by atoms with Crippen LogP contribution in [0.15, 0.2) is 35.8 Å². The van der Waals surface area contributed by atoms with Gasteiger partial charge in [-0.2, -0.15) is 0 Å². The maximum Gasteiger partial charge on any atom is 0.228 e. The number of nitrogens with zero attached hydrogens (tertiary/aromatic N) is 2. The molecule has 4 rings (SSSR count). The zero-order valence-electron chi connectivity index (χ0n) is 13.8. The van der Waals surface area contributed by atoms with Crippen LogP contribution in [-0.2, 0) is 16.1 Å². The molecule has 7 heteroatoms. The van der Waals surface area contributed by atoms with Crippen molar-refractivity contribution in [2.24, 2.45) is 5.92 Å². The molecule has 0 spiro atoms. The summed E-state index contributed by atoms with van der Waals surface area (Å²) in [6.07, 6.45) is 2.34. The maximum atomic E-state index is 12.9. The molecule has 6 nitrogen and oxygen atoms in total. The van der Waals surface area contributed by atoms with Gasteiger partial charge in [-0.1, -0.05) is 12.1 Å². The van der Waals surface area contributed by atoms with Gasteiger partial charge in [0.25, 0.3) is 0 Å². The van der Waals surface area contributed by atoms with Gasteiger partial charge in [-0.05, 0) is 18.6 Å². The standard InChI is InChI=1S/C18H20N2O4S/c21-18(13-5-7-22-11-13)20(10-17-19-6-8-25-17)9-14-12-23-15-3-1-2-4-16(15)24-14/h1-4,6,8,13-14H,5,7,9-12H2/t13-,14-/m0/s1. The van der Waals surface area contributed by atoms with E-state index in [1.165, 1.54) is 0 Å². The average Bonchev–Trinajstić information content (AvgIpc) is 3.34. The van der Waals surface area contributed by atoms with E-state index in [4.69, 9.17) is 14.2 Å². The Labute approximate surface area is 150 Å². The summed E-state index contributed by atoms with van der Waals surface area (Å²) in [6, 6.07) is 7.61. The van der Waals surface area contributed by atoms with Gasteiger partial charge in [0.05, 0.1) is 25.6 Å². The third-order valence-electron chi connectivity index (χ3n) is 4.39. The second kappa shape index (κ2) is 7.41. The Balaban J connectivity index is 1.47. The molecule has 2 atom stereocenters. The van der Waals surface area contributed by atoms with Crippen LogP contribution < -0.4 is 9.47 Å². The van der Waals surface area contributed by atoms with E-state index in [0.717, 1.165) is 22.9 Å². The first-order valence-corrected chi connectivity index (χ1v) is 9.31. The molecule has 0 radical (unpaired) electrons. The maximum absolute atomic E-state index is 12.9. The number of aromatic nitrogens is 1. The highest BCUT2D eigenvalue weighted by Gasteiger charge is 2.31. The van der Waals surface area contributed by atoms with Gasteiger partial charge < -0.3 is 19.1 Å². The Kier molecular flexibility index (Phi) is 4.85. The summed E-state index contributed by atoms with van der Waals surface area (Å²) in [5.74, 6) is 1.51. The molecule has 2 aromatic rings. The van der Waals surface area contributed by atoms with Gasteiger partial charge in [0, 0.05) is 18.2 Å². The minimum Gasteiger partial charge on any atom is -0.486 e. The Bertz CT molecular complexity index is 716. The molecule has 2 aliphatic heterocycles. The van der Waals surface area contributed by atoms with Gasteiger partial charge in [-0.25, -0.2) is 4.98 Å². The molecule has 2 aliphatic rings. The number of ether oxygens (including phenoxy) is 3. The predicted molar refractivity (Wildman–Crippen MR) is 92.8 cm³/mol. The van der Waals surface area contributed by atoms with Crippen molar-refractivity contribution in [3.63, 3.8) is 0 Å². The molecule has 1 saturated heterocycles. The fraction of sp³-hybridized carbons (Fsp3) is 0.444. The monoisotopic (exact) mass is 360 g/mol. The van der Waals surface area contributed by atoms with E-state index in [0.29, 0.717) is 32.9 Å². The van der Waals surface area contributed by atoms with Crippen LogP contribution in [0, 0.1) is 5.92 Å². The Morgan fingerprint density at radius 2 is 2.16 bits per heavy atom. The highest BCUT2D eigenvalue weighted by molar-refractivity contribution is 7.09. The number of benzene rings is 1. The van der Waals surface area contributed by atoms with Crippen molar-refractivity contribution in [3.05, 3.63) is 40.8 Å². The zero-order valence-corrected chi connectivity index (χ0v) is 14.6. The van der Waals surface area contributed by atoms with Crippen molar-refractivity contribution in [1.29, 1.82) is 0 Å². The molecule has 3 heterocycles. The second-order valence-corrected chi connectivity index (χ2v) is 7.18. The number of thiazole rings is 1. The number of hydrogen-bond acceptors (Lipinski definition) is 6. The average molecular weight is 360 g/mol. The van der Waals surface area contributed by atoms with E-state index >= 15 is 0 Å². The number of carbonyl (C=O) groups excluding carboxylic acids is 1. The number of carbonyl (C=O) groups is 1. The van der Waals surface area contributed by atoms with Gasteiger partial charge in [0.2, 0.25) is 5.91 Å². The molecule has 0 N–H and O–H groups in total. The van der Waals surface area contributed by atoms with Crippen molar-refractivity contribution < 1.29 is 19.0 Å². The molecule has 132 valence electrons. The summed E-state index contributed by atoms with van der Waals surface area (Å²) in [7, 11) is 0. The molecule has 1 fully saturated rings. The summed E-state index contributed by atoms with van der Waals surface area (Å²) in [5, 5.41) is 2.84. The first kappa shape index (κ1) is 16.4. The number of hydrogen-bond donors (Lipinski definition) is 0. The summed E-state index contributed by atoms with van der Waals surface area (Å²) < 4.78 is 17.2. The molecule has 1 aromatic carbocycles. The van der Waals surface area contributed by atoms with Crippen LogP contribution in [0.2, 0.25) is 0 Å². The molecule has 0 bridgehead atoms. The third kappa shape index (κ3) is 3.77. The summed E-state index contributed by atoms with van der Waals surface area (Å²) in [4.78, 5) is 19.1. The van der Waals surface area contributed by atoms with Crippen molar-refractivity contribution in [2.75, 3.05) is 26.4 Å². The fourth-order valence-corrected chi connectivity index (χ4v) is 3.74. The first-order valence-electron chi connectivity index (χ1n) is 8.43. The van der Waals surface area contributed by atoms with Gasteiger partial charge >= 0.3 is 0 Å². The summed E-state index contributed by atoms with van der Waals surface area (Å²) >= 11 is 1.55. The van der Waals surface area contributed by atoms with Crippen LogP contribution >= 0.6 is 11.3 Å². The third-order valence-corrected chi connectivity index (χ3v) is 5.16. The van der Waals surface area contributed by atoms with Crippen molar-refractivity contribution in [3.8, 4) is 11.5 Å². The zero-order chi connectivity index (χ0) is 17.1. The summed E-state index contributed by atoms with van der Waals surface area (Å²) in [5.41, 5.74) is 0. The van der Waals surface area contributed by atoms with E-state index in [1.54, 1.807) is 17.5 Å². The summed E-state index contributed by atoms with van der Waals surface area (Å²) in [6.45, 7) is 2.55. The van der Waals surface area contributed by atoms with E-state index in [2.05, 4.69) is 4.98 Å². The smallest absolute Gasteiger partial charge is 0.228 e. The first-order chi connectivity index (χ1) is 12.3. The Morgan fingerprint density at radius 3 is 2.92 bits per heavy atom. The second-order valence-electron chi connectivity index (χ2n) is 6.20. The highest BCUT2D eigenvalue weighted by Crippen LogP contribution is 2.31. The fourth-order valence-electron chi connectivity index (χ4n) is 3.11. The predicted octanol–water partition coefficient (Wildman–Crippen LogP) is 2.35. The highest BCUT2D eigenvalue weighted by atomic mass is 32.1. The number of amides is 1. The van der Waals surface area contributed by atoms with Gasteiger partial charge in [-0.3, -0.25) is 4.79 Å². The number of para-hydroxylation sites is 2. The SMILES string of the molecule is O=C([C@H]1CCOC1)N(Cc1nccs1)C[C@H]1COc2ccccc2O1. The van der Waals surface area contributed by atoms with Crippen molar-refractivity contribution in [1.82, 2.24) is 9.88 Å². The molecular weight excluding hydrogens is 340 g/mol. The number of fused-ring (bicyclic) bond motifs is 1. The quantitative estimate of drug-likeness (QED) is 0.819. The van der Waals surface area contributed by atoms with Crippen LogP contribution in [-0.4, -0.2) is 48.3 Å². The molecule has 1 amide bonds. The molecule has 0 unspecified atom stereocenters. The van der Waals surface area contributed by atoms with Crippen LogP contribution in [0.3, 0.4) is 0 Å². The largest absolute Gasteiger partial charge is 0.486 e. The van der Waals surface area contributed by atoms with Crippen LogP contribution in [0.1, 0.15) is 11.4 Å². The molecule has 25 heavy (non-hydrogen) atoms. The van der Waals surface area contributed by atoms with Gasteiger partial charge in [-0.15, -0.1) is 11.3 Å². The Morgan fingerprint density at radius 1 is 1.28 bits per heavy atom. The minimum atomic E-state index is -0.193. The van der Waals surface area contributed by atoms with Crippen LogP contribution in [0.25, 0.3) is 0 Å². The number of rotatable bonds is 5. The lowest BCUT2D eigenvalue weighted by Gasteiger charge is -2.32. The van der Waals surface area contributed by atoms with E-state index in [-0.39, 0.29) is 17.9 Å². The lowest BCUT2D eigenvalue weighted by Crippen LogP contribution is -2.45. The van der Waals surface area contributed by atoms with Gasteiger partial charge in [0.1, 0.15) is 11.6 Å². The molecule has 1 aromatic heterocycles. The van der Waals surface area contributed by atoms with E-state index in [1.807, 2.05) is 34.5 Å². The molecular formula is C18H20N2O4S. The van der Waals surface area contributed by atoms with Crippen LogP contribution in [0.4, 0.5) is 0 Å². The van der Waals surface area contributed by atoms with E-state index < -0.39 is 0 Å². The Hall–Kier alpha value is -2.12. The van der Waals surface area contributed by atoms with Crippen molar-refractivity contribution >= 4 is 17.2 Å². The lowest BCUT2D eigenvalue weighted by atomic mass is 10.1.